The van der Waals surface area contributed by atoms with Gasteiger partial charge in [0.05, 0.1) is 0 Å². The summed E-state index contributed by atoms with van der Waals surface area (Å²) in [5.74, 6) is 1.38. The number of piperidine rings is 2. The van der Waals surface area contributed by atoms with Crippen LogP contribution in [-0.2, 0) is 4.74 Å². The van der Waals surface area contributed by atoms with Crippen LogP contribution in [0.2, 0.25) is 0 Å². The number of ether oxygens (including phenoxy) is 1. The van der Waals surface area contributed by atoms with Crippen molar-refractivity contribution in [1.29, 1.82) is 0 Å². The molecule has 2 rings (SSSR count). The second-order valence-corrected chi connectivity index (χ2v) is 6.94. The Labute approximate surface area is 116 Å². The molecule has 2 atom stereocenters. The van der Waals surface area contributed by atoms with Crippen molar-refractivity contribution >= 4 is 6.09 Å². The molecule has 0 aromatic heterocycles. The second kappa shape index (κ2) is 6.12. The third kappa shape index (κ3) is 4.37. The topological polar surface area (TPSA) is 41.6 Å². The van der Waals surface area contributed by atoms with Crippen LogP contribution in [0.25, 0.3) is 0 Å². The van der Waals surface area contributed by atoms with Gasteiger partial charge in [-0.1, -0.05) is 0 Å². The fourth-order valence-electron chi connectivity index (χ4n) is 3.17. The molecule has 0 saturated carbocycles. The first-order valence-electron chi connectivity index (χ1n) is 7.64. The predicted octanol–water partition coefficient (Wildman–Crippen LogP) is 2.63. The highest BCUT2D eigenvalue weighted by molar-refractivity contribution is 5.68. The van der Waals surface area contributed by atoms with E-state index in [0.29, 0.717) is 5.92 Å². The first-order valence-corrected chi connectivity index (χ1v) is 7.64. The summed E-state index contributed by atoms with van der Waals surface area (Å²) in [6.45, 7) is 9.78. The first kappa shape index (κ1) is 14.6. The first-order chi connectivity index (χ1) is 8.96. The lowest BCUT2D eigenvalue weighted by molar-refractivity contribution is 0.0120. The van der Waals surface area contributed by atoms with Gasteiger partial charge in [-0.3, -0.25) is 0 Å². The Bertz CT molecular complexity index is 306. The van der Waals surface area contributed by atoms with Crippen LogP contribution >= 0.6 is 0 Å². The lowest BCUT2D eigenvalue weighted by Gasteiger charge is -2.39. The Hall–Kier alpha value is -0.770. The fourth-order valence-corrected chi connectivity index (χ4v) is 3.17. The lowest BCUT2D eigenvalue weighted by atomic mass is 9.81. The van der Waals surface area contributed by atoms with E-state index in [1.807, 2.05) is 25.7 Å². The number of amides is 1. The average molecular weight is 268 g/mol. The quantitative estimate of drug-likeness (QED) is 0.795. The molecule has 0 unspecified atom stereocenters. The summed E-state index contributed by atoms with van der Waals surface area (Å²) in [6.07, 6.45) is 4.81. The molecule has 1 N–H and O–H groups in total. The maximum atomic E-state index is 12.1. The van der Waals surface area contributed by atoms with E-state index in [-0.39, 0.29) is 6.09 Å². The molecule has 0 spiro atoms. The number of carbonyl (C=O) groups excluding carboxylic acids is 1. The predicted molar refractivity (Wildman–Crippen MR) is 76.1 cm³/mol. The summed E-state index contributed by atoms with van der Waals surface area (Å²) >= 11 is 0. The molecule has 2 saturated heterocycles. The molecule has 0 bridgehead atoms. The van der Waals surface area contributed by atoms with Crippen LogP contribution in [0.3, 0.4) is 0 Å². The van der Waals surface area contributed by atoms with Gasteiger partial charge in [0.1, 0.15) is 5.60 Å². The van der Waals surface area contributed by atoms with Crippen LogP contribution in [0.4, 0.5) is 4.79 Å². The Balaban J connectivity index is 1.87. The van der Waals surface area contributed by atoms with Crippen LogP contribution in [0, 0.1) is 11.8 Å². The van der Waals surface area contributed by atoms with Gasteiger partial charge in [0.15, 0.2) is 0 Å². The van der Waals surface area contributed by atoms with Gasteiger partial charge in [-0.2, -0.15) is 0 Å². The monoisotopic (exact) mass is 268 g/mol. The minimum absolute atomic E-state index is 0.138. The smallest absolute Gasteiger partial charge is 0.410 e. The average Bonchev–Trinajstić information content (AvgIpc) is 2.38. The summed E-state index contributed by atoms with van der Waals surface area (Å²) in [7, 11) is 0. The van der Waals surface area contributed by atoms with Gasteiger partial charge in [-0.15, -0.1) is 0 Å². The molecule has 0 aliphatic carbocycles. The summed E-state index contributed by atoms with van der Waals surface area (Å²) in [5, 5.41) is 3.48. The van der Waals surface area contributed by atoms with Crippen LogP contribution in [0.1, 0.15) is 46.5 Å². The number of carbonyl (C=O) groups is 1. The van der Waals surface area contributed by atoms with Gasteiger partial charge >= 0.3 is 6.09 Å². The van der Waals surface area contributed by atoms with Gasteiger partial charge in [0, 0.05) is 13.1 Å². The van der Waals surface area contributed by atoms with Gasteiger partial charge in [0.25, 0.3) is 0 Å². The number of likely N-dealkylation sites (tertiary alicyclic amines) is 1. The minimum Gasteiger partial charge on any atom is -0.444 e. The van der Waals surface area contributed by atoms with Crippen molar-refractivity contribution in [2.75, 3.05) is 26.2 Å². The summed E-state index contributed by atoms with van der Waals surface area (Å²) in [4.78, 5) is 14.0. The highest BCUT2D eigenvalue weighted by Gasteiger charge is 2.32. The van der Waals surface area contributed by atoms with Crippen molar-refractivity contribution in [3.63, 3.8) is 0 Å². The summed E-state index contributed by atoms with van der Waals surface area (Å²) in [6, 6.07) is 0. The molecule has 110 valence electrons. The zero-order chi connectivity index (χ0) is 13.9. The Morgan fingerprint density at radius 2 is 1.95 bits per heavy atom. The van der Waals surface area contributed by atoms with E-state index in [1.165, 1.54) is 19.3 Å². The molecule has 2 aliphatic rings. The van der Waals surface area contributed by atoms with E-state index >= 15 is 0 Å². The van der Waals surface area contributed by atoms with E-state index in [4.69, 9.17) is 4.74 Å². The van der Waals surface area contributed by atoms with E-state index in [2.05, 4.69) is 5.32 Å². The molecule has 4 nitrogen and oxygen atoms in total. The molecule has 2 heterocycles. The van der Waals surface area contributed by atoms with Crippen molar-refractivity contribution in [3.8, 4) is 0 Å². The summed E-state index contributed by atoms with van der Waals surface area (Å²) < 4.78 is 5.48. The molecular formula is C15H28N2O2. The molecule has 4 heteroatoms. The van der Waals surface area contributed by atoms with Crippen molar-refractivity contribution < 1.29 is 9.53 Å². The largest absolute Gasteiger partial charge is 0.444 e. The van der Waals surface area contributed by atoms with Crippen LogP contribution < -0.4 is 5.32 Å². The highest BCUT2D eigenvalue weighted by Crippen LogP contribution is 2.29. The SMILES string of the molecule is CC(C)(C)OC(=O)N1CCC[C@H]([C@H]2CCCNC2)C1. The van der Waals surface area contributed by atoms with Crippen molar-refractivity contribution in [3.05, 3.63) is 0 Å². The van der Waals surface area contributed by atoms with E-state index in [9.17, 15) is 4.79 Å². The van der Waals surface area contributed by atoms with Crippen molar-refractivity contribution in [2.45, 2.75) is 52.1 Å². The van der Waals surface area contributed by atoms with Crippen LogP contribution in [-0.4, -0.2) is 42.8 Å². The molecule has 2 fully saturated rings. The van der Waals surface area contributed by atoms with Gasteiger partial charge in [-0.25, -0.2) is 4.79 Å². The maximum absolute atomic E-state index is 12.1. The molecule has 2 aliphatic heterocycles. The van der Waals surface area contributed by atoms with E-state index in [0.717, 1.165) is 38.5 Å². The van der Waals surface area contributed by atoms with Gasteiger partial charge < -0.3 is 15.0 Å². The Kier molecular flexibility index (Phi) is 4.71. The lowest BCUT2D eigenvalue weighted by Crippen LogP contribution is -2.46. The molecule has 19 heavy (non-hydrogen) atoms. The second-order valence-electron chi connectivity index (χ2n) is 6.94. The molecule has 1 amide bonds. The normalized spacial score (nSPS) is 29.1. The molecule has 0 aromatic rings. The highest BCUT2D eigenvalue weighted by atomic mass is 16.6. The zero-order valence-electron chi connectivity index (χ0n) is 12.6. The third-order valence-corrected chi connectivity index (χ3v) is 4.11. The fraction of sp³-hybridized carbons (Fsp3) is 0.933. The minimum atomic E-state index is -0.392. The number of hydrogen-bond donors (Lipinski definition) is 1. The summed E-state index contributed by atoms with van der Waals surface area (Å²) in [5.41, 5.74) is -0.392. The Morgan fingerprint density at radius 3 is 2.58 bits per heavy atom. The van der Waals surface area contributed by atoms with Crippen LogP contribution in [0.15, 0.2) is 0 Å². The number of rotatable bonds is 1. The van der Waals surface area contributed by atoms with Crippen LogP contribution in [0.5, 0.6) is 0 Å². The number of hydrogen-bond acceptors (Lipinski definition) is 3. The van der Waals surface area contributed by atoms with Crippen molar-refractivity contribution in [2.24, 2.45) is 11.8 Å². The standard InChI is InChI=1S/C15H28N2O2/c1-15(2,3)19-14(18)17-9-5-7-13(11-17)12-6-4-8-16-10-12/h12-13,16H,4-11H2,1-3H3/t12-,13-/m0/s1. The maximum Gasteiger partial charge on any atom is 0.410 e. The van der Waals surface area contributed by atoms with Gasteiger partial charge in [0.2, 0.25) is 0 Å². The van der Waals surface area contributed by atoms with Gasteiger partial charge in [-0.05, 0) is 71.4 Å². The third-order valence-electron chi connectivity index (χ3n) is 4.11. The molecular weight excluding hydrogens is 240 g/mol. The number of nitrogens with one attached hydrogen (secondary N) is 1. The zero-order valence-corrected chi connectivity index (χ0v) is 12.6. The van der Waals surface area contributed by atoms with E-state index in [1.54, 1.807) is 0 Å². The number of nitrogens with zero attached hydrogens (tertiary/aromatic N) is 1. The molecule has 0 aromatic carbocycles. The van der Waals surface area contributed by atoms with Crippen molar-refractivity contribution in [1.82, 2.24) is 10.2 Å². The van der Waals surface area contributed by atoms with E-state index < -0.39 is 5.60 Å². The molecule has 0 radical (unpaired) electrons. The Morgan fingerprint density at radius 1 is 1.21 bits per heavy atom.